The third kappa shape index (κ3) is 4.55. The lowest BCUT2D eigenvalue weighted by Crippen LogP contribution is -2.14. The van der Waals surface area contributed by atoms with Crippen molar-refractivity contribution in [2.75, 3.05) is 10.0 Å². The van der Waals surface area contributed by atoms with Crippen molar-refractivity contribution in [3.8, 4) is 0 Å². The fourth-order valence-electron chi connectivity index (χ4n) is 2.70. The molecule has 0 aliphatic rings. The zero-order valence-corrected chi connectivity index (χ0v) is 16.2. The average Bonchev–Trinajstić information content (AvgIpc) is 2.63. The SMILES string of the molecule is CC(=O)c1ccc(Nc2ccc(NS(=O)(=O)c3ccc(F)cc3C)cc2)cc1. The van der Waals surface area contributed by atoms with Gasteiger partial charge in [-0.3, -0.25) is 9.52 Å². The minimum absolute atomic E-state index is 0.000391. The van der Waals surface area contributed by atoms with Crippen LogP contribution in [-0.4, -0.2) is 14.2 Å². The number of halogens is 1. The summed E-state index contributed by atoms with van der Waals surface area (Å²) >= 11 is 0. The van der Waals surface area contributed by atoms with Crippen LogP contribution in [0, 0.1) is 12.7 Å². The molecule has 0 bridgehead atoms. The lowest BCUT2D eigenvalue weighted by atomic mass is 10.1. The van der Waals surface area contributed by atoms with Crippen molar-refractivity contribution < 1.29 is 17.6 Å². The molecule has 0 radical (unpaired) electrons. The summed E-state index contributed by atoms with van der Waals surface area (Å²) in [5.41, 5.74) is 2.92. The fourth-order valence-corrected chi connectivity index (χ4v) is 3.99. The summed E-state index contributed by atoms with van der Waals surface area (Å²) in [6.45, 7) is 3.05. The van der Waals surface area contributed by atoms with Gasteiger partial charge in [0.15, 0.2) is 5.78 Å². The summed E-state index contributed by atoms with van der Waals surface area (Å²) in [4.78, 5) is 11.3. The van der Waals surface area contributed by atoms with E-state index in [1.807, 2.05) is 0 Å². The average molecular weight is 398 g/mol. The Morgan fingerprint density at radius 2 is 1.39 bits per heavy atom. The molecule has 0 spiro atoms. The molecule has 3 aromatic rings. The van der Waals surface area contributed by atoms with Crippen LogP contribution in [0.25, 0.3) is 0 Å². The maximum Gasteiger partial charge on any atom is 0.262 e. The van der Waals surface area contributed by atoms with E-state index in [1.54, 1.807) is 55.5 Å². The first kappa shape index (κ1) is 19.6. The molecule has 0 aromatic heterocycles. The van der Waals surface area contributed by atoms with Gasteiger partial charge in [0.1, 0.15) is 5.82 Å². The molecule has 0 saturated heterocycles. The summed E-state index contributed by atoms with van der Waals surface area (Å²) in [6, 6.07) is 17.3. The Morgan fingerprint density at radius 3 is 1.93 bits per heavy atom. The number of carbonyl (C=O) groups excluding carboxylic acids is 1. The first-order valence-electron chi connectivity index (χ1n) is 8.52. The lowest BCUT2D eigenvalue weighted by Gasteiger charge is -2.12. The molecule has 7 heteroatoms. The van der Waals surface area contributed by atoms with Crippen LogP contribution < -0.4 is 10.0 Å². The fraction of sp³-hybridized carbons (Fsp3) is 0.0952. The van der Waals surface area contributed by atoms with Crippen LogP contribution in [0.4, 0.5) is 21.5 Å². The standard InChI is InChI=1S/C21H19FN2O3S/c1-14-13-17(22)5-12-21(14)28(26,27)24-20-10-8-19(9-11-20)23-18-6-3-16(4-7-18)15(2)25/h3-13,23-24H,1-2H3. The Morgan fingerprint density at radius 1 is 0.857 bits per heavy atom. The Kier molecular flexibility index (Phi) is 5.46. The largest absolute Gasteiger partial charge is 0.356 e. The molecule has 144 valence electrons. The molecule has 3 aromatic carbocycles. The molecule has 5 nitrogen and oxygen atoms in total. The molecule has 3 rings (SSSR count). The Hall–Kier alpha value is -3.19. The van der Waals surface area contributed by atoms with Crippen molar-refractivity contribution in [2.24, 2.45) is 0 Å². The minimum atomic E-state index is -3.81. The molecule has 0 amide bonds. The summed E-state index contributed by atoms with van der Waals surface area (Å²) in [5.74, 6) is -0.484. The first-order valence-corrected chi connectivity index (χ1v) is 10.00. The number of Topliss-reactive ketones (excluding diaryl/α,β-unsaturated/α-hetero) is 1. The monoisotopic (exact) mass is 398 g/mol. The van der Waals surface area contributed by atoms with E-state index in [2.05, 4.69) is 10.0 Å². The van der Waals surface area contributed by atoms with Crippen LogP contribution >= 0.6 is 0 Å². The van der Waals surface area contributed by atoms with Crippen LogP contribution in [0.2, 0.25) is 0 Å². The van der Waals surface area contributed by atoms with Crippen LogP contribution in [0.15, 0.2) is 71.6 Å². The molecule has 0 fully saturated rings. The highest BCUT2D eigenvalue weighted by Gasteiger charge is 2.17. The number of sulfonamides is 1. The normalized spacial score (nSPS) is 11.1. The second-order valence-electron chi connectivity index (χ2n) is 6.35. The summed E-state index contributed by atoms with van der Waals surface area (Å²) in [5, 5.41) is 3.18. The topological polar surface area (TPSA) is 75.3 Å². The second-order valence-corrected chi connectivity index (χ2v) is 8.00. The molecule has 2 N–H and O–H groups in total. The number of anilines is 3. The summed E-state index contributed by atoms with van der Waals surface area (Å²) in [6.07, 6.45) is 0. The molecular weight excluding hydrogens is 379 g/mol. The molecule has 0 aliphatic carbocycles. The number of rotatable bonds is 6. The van der Waals surface area contributed by atoms with Crippen LogP contribution in [-0.2, 0) is 10.0 Å². The molecule has 28 heavy (non-hydrogen) atoms. The highest BCUT2D eigenvalue weighted by Crippen LogP contribution is 2.23. The van der Waals surface area contributed by atoms with E-state index in [0.717, 1.165) is 17.4 Å². The Bertz CT molecular complexity index is 1110. The molecule has 0 unspecified atom stereocenters. The van der Waals surface area contributed by atoms with Gasteiger partial charge in [0.2, 0.25) is 0 Å². The number of nitrogens with one attached hydrogen (secondary N) is 2. The molecule has 0 aliphatic heterocycles. The van der Waals surface area contributed by atoms with E-state index in [9.17, 15) is 17.6 Å². The molecule has 0 saturated carbocycles. The van der Waals surface area contributed by atoms with Crippen molar-refractivity contribution in [2.45, 2.75) is 18.7 Å². The van der Waals surface area contributed by atoms with Crippen LogP contribution in [0.1, 0.15) is 22.8 Å². The van der Waals surface area contributed by atoms with Gasteiger partial charge in [0.25, 0.3) is 10.0 Å². The van der Waals surface area contributed by atoms with Crippen LogP contribution in [0.3, 0.4) is 0 Å². The summed E-state index contributed by atoms with van der Waals surface area (Å²) in [7, 11) is -3.81. The molecule has 0 atom stereocenters. The zero-order valence-electron chi connectivity index (χ0n) is 15.4. The van der Waals surface area contributed by atoms with E-state index < -0.39 is 15.8 Å². The number of benzene rings is 3. The van der Waals surface area contributed by atoms with Crippen LogP contribution in [0.5, 0.6) is 0 Å². The third-order valence-corrected chi connectivity index (χ3v) is 5.69. The van der Waals surface area contributed by atoms with E-state index in [4.69, 9.17) is 0 Å². The number of hydrogen-bond donors (Lipinski definition) is 2. The van der Waals surface area contributed by atoms with Gasteiger partial charge in [-0.25, -0.2) is 12.8 Å². The molecule has 0 heterocycles. The minimum Gasteiger partial charge on any atom is -0.356 e. The van der Waals surface area contributed by atoms with Crippen molar-refractivity contribution in [3.05, 3.63) is 83.7 Å². The smallest absolute Gasteiger partial charge is 0.262 e. The van der Waals surface area contributed by atoms with Gasteiger partial charge in [-0.2, -0.15) is 0 Å². The third-order valence-electron chi connectivity index (χ3n) is 4.14. The van der Waals surface area contributed by atoms with Crippen molar-refractivity contribution in [3.63, 3.8) is 0 Å². The molecular formula is C21H19FN2O3S. The highest BCUT2D eigenvalue weighted by atomic mass is 32.2. The van der Waals surface area contributed by atoms with Crippen molar-refractivity contribution in [1.82, 2.24) is 0 Å². The van der Waals surface area contributed by atoms with E-state index >= 15 is 0 Å². The van der Waals surface area contributed by atoms with Gasteiger partial charge in [0.05, 0.1) is 4.90 Å². The van der Waals surface area contributed by atoms with Gasteiger partial charge >= 0.3 is 0 Å². The van der Waals surface area contributed by atoms with E-state index in [-0.39, 0.29) is 10.7 Å². The van der Waals surface area contributed by atoms with Gasteiger partial charge in [-0.15, -0.1) is 0 Å². The first-order chi connectivity index (χ1) is 13.2. The predicted molar refractivity (Wildman–Crippen MR) is 108 cm³/mol. The van der Waals surface area contributed by atoms with E-state index in [1.165, 1.54) is 19.1 Å². The number of ketones is 1. The Balaban J connectivity index is 1.72. The maximum atomic E-state index is 13.2. The Labute approximate surface area is 163 Å². The van der Waals surface area contributed by atoms with Gasteiger partial charge in [-0.05, 0) is 86.1 Å². The van der Waals surface area contributed by atoms with Gasteiger partial charge in [-0.1, -0.05) is 0 Å². The van der Waals surface area contributed by atoms with E-state index in [0.29, 0.717) is 16.8 Å². The highest BCUT2D eigenvalue weighted by molar-refractivity contribution is 7.92. The quantitative estimate of drug-likeness (QED) is 0.580. The second kappa shape index (κ2) is 7.82. The number of aryl methyl sites for hydroxylation is 1. The maximum absolute atomic E-state index is 13.2. The zero-order chi connectivity index (χ0) is 20.3. The lowest BCUT2D eigenvalue weighted by molar-refractivity contribution is 0.101. The number of hydrogen-bond acceptors (Lipinski definition) is 4. The van der Waals surface area contributed by atoms with Gasteiger partial charge in [0, 0.05) is 22.6 Å². The predicted octanol–water partition coefficient (Wildman–Crippen LogP) is 4.88. The van der Waals surface area contributed by atoms with Crippen molar-refractivity contribution in [1.29, 1.82) is 0 Å². The summed E-state index contributed by atoms with van der Waals surface area (Å²) < 4.78 is 40.7. The van der Waals surface area contributed by atoms with Crippen molar-refractivity contribution >= 4 is 32.9 Å². The van der Waals surface area contributed by atoms with Gasteiger partial charge < -0.3 is 5.32 Å². The number of carbonyl (C=O) groups is 1.